The van der Waals surface area contributed by atoms with Crippen molar-refractivity contribution in [2.45, 2.75) is 40.2 Å². The highest BCUT2D eigenvalue weighted by atomic mass is 32.1. The molecule has 0 unspecified atom stereocenters. The number of aromatic nitrogens is 3. The van der Waals surface area contributed by atoms with Gasteiger partial charge in [-0.2, -0.15) is 0 Å². The number of imidazole rings is 1. The van der Waals surface area contributed by atoms with E-state index in [1.807, 2.05) is 13.8 Å². The van der Waals surface area contributed by atoms with Crippen molar-refractivity contribution in [1.29, 1.82) is 0 Å². The number of aliphatic hydroxyl groups is 1. The summed E-state index contributed by atoms with van der Waals surface area (Å²) in [5.41, 5.74) is 1.60. The summed E-state index contributed by atoms with van der Waals surface area (Å²) >= 11 is 1.44. The number of thiazole rings is 1. The van der Waals surface area contributed by atoms with Crippen molar-refractivity contribution in [3.8, 4) is 0 Å². The van der Waals surface area contributed by atoms with E-state index in [-0.39, 0.29) is 19.1 Å². The zero-order valence-corrected chi connectivity index (χ0v) is 14.2. The summed E-state index contributed by atoms with van der Waals surface area (Å²) in [6, 6.07) is 0. The van der Waals surface area contributed by atoms with Gasteiger partial charge < -0.3 is 15.0 Å². The third kappa shape index (κ3) is 3.72. The predicted octanol–water partition coefficient (Wildman–Crippen LogP) is 2.24. The van der Waals surface area contributed by atoms with Crippen molar-refractivity contribution in [2.24, 2.45) is 0 Å². The van der Waals surface area contributed by atoms with Crippen LogP contribution >= 0.6 is 11.3 Å². The molecule has 0 fully saturated rings. The highest BCUT2D eigenvalue weighted by molar-refractivity contribution is 7.13. The third-order valence-corrected chi connectivity index (χ3v) is 4.72. The monoisotopic (exact) mass is 322 g/mol. The number of nitrogens with one attached hydrogen (secondary N) is 1. The van der Waals surface area contributed by atoms with E-state index in [1.165, 1.54) is 11.3 Å². The van der Waals surface area contributed by atoms with E-state index in [1.54, 1.807) is 11.1 Å². The molecule has 0 radical (unpaired) electrons. The standard InChI is InChI=1S/C15H22N4O2S/c1-9(2)14-17-10(3)13(22-14)15(21)19(5-6-20)8-12-7-16-11(4)18-12/h7,9,20H,5-6,8H2,1-4H3,(H,16,18). The summed E-state index contributed by atoms with van der Waals surface area (Å²) in [4.78, 5) is 26.7. The fraction of sp³-hybridized carbons (Fsp3) is 0.533. The zero-order valence-electron chi connectivity index (χ0n) is 13.4. The molecule has 120 valence electrons. The van der Waals surface area contributed by atoms with Crippen LogP contribution in [0.25, 0.3) is 0 Å². The molecule has 0 aliphatic heterocycles. The molecule has 1 amide bonds. The molecule has 0 bridgehead atoms. The minimum absolute atomic E-state index is 0.0756. The van der Waals surface area contributed by atoms with Gasteiger partial charge >= 0.3 is 0 Å². The van der Waals surface area contributed by atoms with E-state index in [0.29, 0.717) is 17.3 Å². The van der Waals surface area contributed by atoms with E-state index < -0.39 is 0 Å². The van der Waals surface area contributed by atoms with Crippen molar-refractivity contribution in [3.05, 3.63) is 33.3 Å². The first-order valence-electron chi connectivity index (χ1n) is 7.30. The van der Waals surface area contributed by atoms with Gasteiger partial charge in [-0.25, -0.2) is 9.97 Å². The predicted molar refractivity (Wildman–Crippen MR) is 86.1 cm³/mol. The van der Waals surface area contributed by atoms with Crippen LogP contribution in [-0.2, 0) is 6.54 Å². The van der Waals surface area contributed by atoms with E-state index in [9.17, 15) is 9.90 Å². The van der Waals surface area contributed by atoms with Crippen LogP contribution in [0.2, 0.25) is 0 Å². The van der Waals surface area contributed by atoms with Gasteiger partial charge in [0.25, 0.3) is 5.91 Å². The molecule has 0 spiro atoms. The molecule has 0 saturated heterocycles. The molecule has 2 N–H and O–H groups in total. The molecule has 0 aromatic carbocycles. The van der Waals surface area contributed by atoms with Crippen LogP contribution in [0.1, 0.15) is 51.7 Å². The average molecular weight is 322 g/mol. The van der Waals surface area contributed by atoms with Gasteiger partial charge in [-0.1, -0.05) is 13.8 Å². The van der Waals surface area contributed by atoms with Crippen LogP contribution in [-0.4, -0.2) is 44.0 Å². The normalized spacial score (nSPS) is 11.2. The van der Waals surface area contributed by atoms with Gasteiger partial charge in [0.05, 0.1) is 35.7 Å². The molecule has 0 atom stereocenters. The lowest BCUT2D eigenvalue weighted by Crippen LogP contribution is -2.33. The van der Waals surface area contributed by atoms with E-state index >= 15 is 0 Å². The fourth-order valence-corrected chi connectivity index (χ4v) is 3.17. The number of nitrogens with zero attached hydrogens (tertiary/aromatic N) is 3. The molecule has 22 heavy (non-hydrogen) atoms. The molecule has 0 saturated carbocycles. The lowest BCUT2D eigenvalue weighted by molar-refractivity contribution is 0.0709. The van der Waals surface area contributed by atoms with Crippen molar-refractivity contribution in [2.75, 3.05) is 13.2 Å². The van der Waals surface area contributed by atoms with Crippen LogP contribution in [0, 0.1) is 13.8 Å². The molecular weight excluding hydrogens is 300 g/mol. The lowest BCUT2D eigenvalue weighted by atomic mass is 10.2. The Morgan fingerprint density at radius 1 is 1.45 bits per heavy atom. The highest BCUT2D eigenvalue weighted by Gasteiger charge is 2.22. The highest BCUT2D eigenvalue weighted by Crippen LogP contribution is 2.26. The molecular formula is C15H22N4O2S. The summed E-state index contributed by atoms with van der Waals surface area (Å²) in [5.74, 6) is 1.01. The van der Waals surface area contributed by atoms with E-state index in [0.717, 1.165) is 22.2 Å². The first-order valence-corrected chi connectivity index (χ1v) is 8.12. The van der Waals surface area contributed by atoms with Gasteiger partial charge in [-0.3, -0.25) is 4.79 Å². The largest absolute Gasteiger partial charge is 0.395 e. The smallest absolute Gasteiger partial charge is 0.266 e. The van der Waals surface area contributed by atoms with Gasteiger partial charge in [0, 0.05) is 12.5 Å². The Morgan fingerprint density at radius 3 is 2.68 bits per heavy atom. The van der Waals surface area contributed by atoms with Gasteiger partial charge in [0.1, 0.15) is 10.7 Å². The molecule has 2 heterocycles. The second-order valence-corrected chi connectivity index (χ2v) is 6.60. The molecule has 7 heteroatoms. The average Bonchev–Trinajstić information content (AvgIpc) is 3.04. The summed E-state index contributed by atoms with van der Waals surface area (Å²) in [7, 11) is 0. The number of aromatic amines is 1. The quantitative estimate of drug-likeness (QED) is 0.854. The maximum absolute atomic E-state index is 12.8. The Bertz CT molecular complexity index is 648. The van der Waals surface area contributed by atoms with Crippen molar-refractivity contribution < 1.29 is 9.90 Å². The van der Waals surface area contributed by atoms with Crippen LogP contribution in [0.15, 0.2) is 6.20 Å². The number of hydrogen-bond acceptors (Lipinski definition) is 5. The number of aliphatic hydroxyl groups excluding tert-OH is 1. The van der Waals surface area contributed by atoms with Crippen LogP contribution < -0.4 is 0 Å². The Kier molecular flexibility index (Phi) is 5.31. The second-order valence-electron chi connectivity index (χ2n) is 5.57. The first-order chi connectivity index (χ1) is 10.4. The number of rotatable bonds is 6. The Morgan fingerprint density at radius 2 is 2.18 bits per heavy atom. The topological polar surface area (TPSA) is 82.1 Å². The third-order valence-electron chi connectivity index (χ3n) is 3.28. The lowest BCUT2D eigenvalue weighted by Gasteiger charge is -2.20. The van der Waals surface area contributed by atoms with Crippen LogP contribution in [0.4, 0.5) is 0 Å². The van der Waals surface area contributed by atoms with Crippen LogP contribution in [0.3, 0.4) is 0 Å². The molecule has 0 aliphatic carbocycles. The summed E-state index contributed by atoms with van der Waals surface area (Å²) in [5, 5.41) is 10.2. The molecule has 2 aromatic heterocycles. The number of carbonyl (C=O) groups is 1. The maximum atomic E-state index is 12.8. The summed E-state index contributed by atoms with van der Waals surface area (Å²) < 4.78 is 0. The van der Waals surface area contributed by atoms with Crippen molar-refractivity contribution in [3.63, 3.8) is 0 Å². The van der Waals surface area contributed by atoms with E-state index in [4.69, 9.17) is 0 Å². The molecule has 0 aliphatic rings. The first kappa shape index (κ1) is 16.6. The Labute approximate surface area is 134 Å². The number of hydrogen-bond donors (Lipinski definition) is 2. The minimum atomic E-state index is -0.0943. The Hall–Kier alpha value is -1.73. The number of H-pyrrole nitrogens is 1. The zero-order chi connectivity index (χ0) is 16.3. The second kappa shape index (κ2) is 7.02. The van der Waals surface area contributed by atoms with Gasteiger partial charge in [0.2, 0.25) is 0 Å². The fourth-order valence-electron chi connectivity index (χ4n) is 2.14. The van der Waals surface area contributed by atoms with Gasteiger partial charge in [-0.05, 0) is 13.8 Å². The van der Waals surface area contributed by atoms with Gasteiger partial charge in [-0.15, -0.1) is 11.3 Å². The Balaban J connectivity index is 2.22. The SMILES string of the molecule is Cc1ncc(CN(CCO)C(=O)c2sc(C(C)C)nc2C)[nH]1. The van der Waals surface area contributed by atoms with Crippen LogP contribution in [0.5, 0.6) is 0 Å². The van der Waals surface area contributed by atoms with Crippen molar-refractivity contribution >= 4 is 17.2 Å². The van der Waals surface area contributed by atoms with Gasteiger partial charge in [0.15, 0.2) is 0 Å². The molecule has 6 nitrogen and oxygen atoms in total. The van der Waals surface area contributed by atoms with Crippen molar-refractivity contribution in [1.82, 2.24) is 19.9 Å². The summed E-state index contributed by atoms with van der Waals surface area (Å²) in [6.07, 6.45) is 1.71. The number of aryl methyl sites for hydroxylation is 2. The molecule has 2 aromatic rings. The number of amides is 1. The van der Waals surface area contributed by atoms with E-state index in [2.05, 4.69) is 28.8 Å². The minimum Gasteiger partial charge on any atom is -0.395 e. The molecule has 2 rings (SSSR count). The maximum Gasteiger partial charge on any atom is 0.266 e. The number of carbonyl (C=O) groups excluding carboxylic acids is 1. The summed E-state index contributed by atoms with van der Waals surface area (Å²) in [6.45, 7) is 8.45.